The number of sulfone groups is 1. The van der Waals surface area contributed by atoms with Crippen molar-refractivity contribution in [3.63, 3.8) is 0 Å². The van der Waals surface area contributed by atoms with Gasteiger partial charge in [0.25, 0.3) is 0 Å². The lowest BCUT2D eigenvalue weighted by Crippen LogP contribution is -2.67. The van der Waals surface area contributed by atoms with Crippen LogP contribution in [0.3, 0.4) is 0 Å². The maximum Gasteiger partial charge on any atom is 0.158 e. The zero-order chi connectivity index (χ0) is 18.0. The number of aromatic nitrogens is 2. The minimum Gasteiger partial charge on any atom is -0.376 e. The van der Waals surface area contributed by atoms with Crippen LogP contribution in [0, 0.1) is 5.92 Å². The lowest BCUT2D eigenvalue weighted by molar-refractivity contribution is 0.0200. The van der Waals surface area contributed by atoms with Gasteiger partial charge in [0, 0.05) is 50.3 Å². The van der Waals surface area contributed by atoms with Crippen LogP contribution in [0.25, 0.3) is 0 Å². The van der Waals surface area contributed by atoms with Gasteiger partial charge in [0.15, 0.2) is 9.84 Å². The molecule has 2 aliphatic rings. The van der Waals surface area contributed by atoms with Crippen LogP contribution in [-0.4, -0.2) is 53.5 Å². The Bertz CT molecular complexity index is 837. The Labute approximate surface area is 154 Å². The van der Waals surface area contributed by atoms with E-state index in [0.717, 1.165) is 17.7 Å². The highest BCUT2D eigenvalue weighted by Gasteiger charge is 2.61. The summed E-state index contributed by atoms with van der Waals surface area (Å²) in [6.07, 6.45) is 7.74. The standard InChI is InChI=1S/C19H23N3O3S/c23-26(24)9-5-18(13-25-12-17-2-1-6-21-10-17)19(26)14-22(15-19)11-16-3-7-20-8-4-16/h1-4,6-8,10,18H,5,9,11-15H2. The van der Waals surface area contributed by atoms with Crippen LogP contribution in [-0.2, 0) is 27.7 Å². The summed E-state index contributed by atoms with van der Waals surface area (Å²) in [6, 6.07) is 7.79. The summed E-state index contributed by atoms with van der Waals surface area (Å²) in [5.74, 6) is 0.342. The van der Waals surface area contributed by atoms with Crippen molar-refractivity contribution in [1.82, 2.24) is 14.9 Å². The maximum absolute atomic E-state index is 12.7. The monoisotopic (exact) mass is 373 g/mol. The molecule has 4 rings (SSSR count). The Morgan fingerprint density at radius 3 is 2.65 bits per heavy atom. The molecule has 4 heterocycles. The van der Waals surface area contributed by atoms with Gasteiger partial charge in [-0.3, -0.25) is 14.9 Å². The van der Waals surface area contributed by atoms with E-state index in [2.05, 4.69) is 14.9 Å². The first-order valence-electron chi connectivity index (χ1n) is 8.89. The quantitative estimate of drug-likeness (QED) is 0.767. The molecule has 138 valence electrons. The van der Waals surface area contributed by atoms with E-state index in [1.807, 2.05) is 24.3 Å². The fraction of sp³-hybridized carbons (Fsp3) is 0.474. The van der Waals surface area contributed by atoms with Crippen molar-refractivity contribution >= 4 is 9.84 Å². The number of nitrogens with zero attached hydrogens (tertiary/aromatic N) is 3. The van der Waals surface area contributed by atoms with E-state index in [4.69, 9.17) is 4.74 Å². The number of rotatable bonds is 6. The second-order valence-corrected chi connectivity index (χ2v) is 9.70. The molecule has 1 atom stereocenters. The average molecular weight is 373 g/mol. The van der Waals surface area contributed by atoms with Crippen molar-refractivity contribution in [1.29, 1.82) is 0 Å². The molecular weight excluding hydrogens is 350 g/mol. The summed E-state index contributed by atoms with van der Waals surface area (Å²) in [4.78, 5) is 10.3. The molecule has 2 fully saturated rings. The molecule has 7 heteroatoms. The Morgan fingerprint density at radius 2 is 1.92 bits per heavy atom. The number of likely N-dealkylation sites (tertiary alicyclic amines) is 1. The Hall–Kier alpha value is -1.83. The first kappa shape index (κ1) is 17.6. The van der Waals surface area contributed by atoms with Crippen LogP contribution in [0.1, 0.15) is 17.5 Å². The van der Waals surface area contributed by atoms with E-state index in [1.54, 1.807) is 24.8 Å². The smallest absolute Gasteiger partial charge is 0.158 e. The largest absolute Gasteiger partial charge is 0.376 e. The molecule has 2 saturated heterocycles. The van der Waals surface area contributed by atoms with Crippen LogP contribution >= 0.6 is 0 Å². The van der Waals surface area contributed by atoms with Gasteiger partial charge in [-0.25, -0.2) is 8.42 Å². The lowest BCUT2D eigenvalue weighted by atomic mass is 9.83. The molecule has 1 unspecified atom stereocenters. The van der Waals surface area contributed by atoms with Crippen molar-refractivity contribution in [2.75, 3.05) is 25.4 Å². The normalized spacial score (nSPS) is 23.8. The van der Waals surface area contributed by atoms with Crippen LogP contribution in [0.15, 0.2) is 49.1 Å². The minimum absolute atomic E-state index is 0.0675. The molecule has 2 aliphatic heterocycles. The molecule has 0 radical (unpaired) electrons. The number of hydrogen-bond donors (Lipinski definition) is 0. The van der Waals surface area contributed by atoms with E-state index in [-0.39, 0.29) is 11.7 Å². The van der Waals surface area contributed by atoms with Crippen molar-refractivity contribution in [3.8, 4) is 0 Å². The van der Waals surface area contributed by atoms with Gasteiger partial charge in [-0.1, -0.05) is 6.07 Å². The SMILES string of the molecule is O=S1(=O)CCC(COCc2cccnc2)C12CN(Cc1ccncc1)C2. The van der Waals surface area contributed by atoms with E-state index in [1.165, 1.54) is 0 Å². The van der Waals surface area contributed by atoms with E-state index in [9.17, 15) is 8.42 Å². The van der Waals surface area contributed by atoms with Gasteiger partial charge in [0.1, 0.15) is 4.75 Å². The number of ether oxygens (including phenoxy) is 1. The highest BCUT2D eigenvalue weighted by Crippen LogP contribution is 2.45. The van der Waals surface area contributed by atoms with Crippen LogP contribution in [0.5, 0.6) is 0 Å². The maximum atomic E-state index is 12.7. The molecule has 26 heavy (non-hydrogen) atoms. The Balaban J connectivity index is 1.37. The third-order valence-electron chi connectivity index (χ3n) is 5.55. The van der Waals surface area contributed by atoms with Gasteiger partial charge in [-0.2, -0.15) is 0 Å². The van der Waals surface area contributed by atoms with Gasteiger partial charge in [-0.15, -0.1) is 0 Å². The number of pyridine rings is 2. The molecule has 2 aromatic heterocycles. The van der Waals surface area contributed by atoms with Gasteiger partial charge in [-0.05, 0) is 35.7 Å². The van der Waals surface area contributed by atoms with Crippen molar-refractivity contribution < 1.29 is 13.2 Å². The van der Waals surface area contributed by atoms with Crippen LogP contribution < -0.4 is 0 Å². The summed E-state index contributed by atoms with van der Waals surface area (Å²) in [6.45, 7) is 2.92. The first-order chi connectivity index (χ1) is 12.6. The second kappa shape index (κ2) is 7.06. The molecule has 0 saturated carbocycles. The molecule has 0 amide bonds. The van der Waals surface area contributed by atoms with Gasteiger partial charge < -0.3 is 4.74 Å². The van der Waals surface area contributed by atoms with Gasteiger partial charge in [0.2, 0.25) is 0 Å². The molecule has 0 bridgehead atoms. The highest BCUT2D eigenvalue weighted by atomic mass is 32.2. The van der Waals surface area contributed by atoms with E-state index < -0.39 is 14.6 Å². The molecule has 2 aromatic rings. The number of hydrogen-bond acceptors (Lipinski definition) is 6. The van der Waals surface area contributed by atoms with E-state index >= 15 is 0 Å². The predicted octanol–water partition coefficient (Wildman–Crippen LogP) is 1.68. The predicted molar refractivity (Wildman–Crippen MR) is 98.0 cm³/mol. The Kier molecular flexibility index (Phi) is 4.77. The highest BCUT2D eigenvalue weighted by molar-refractivity contribution is 7.93. The summed E-state index contributed by atoms with van der Waals surface area (Å²) in [5.41, 5.74) is 2.17. The zero-order valence-corrected chi connectivity index (χ0v) is 15.4. The third kappa shape index (κ3) is 3.26. The molecular formula is C19H23N3O3S. The third-order valence-corrected chi connectivity index (χ3v) is 8.15. The lowest BCUT2D eigenvalue weighted by Gasteiger charge is -2.50. The van der Waals surface area contributed by atoms with Gasteiger partial charge >= 0.3 is 0 Å². The van der Waals surface area contributed by atoms with Gasteiger partial charge in [0.05, 0.1) is 19.0 Å². The fourth-order valence-electron chi connectivity index (χ4n) is 4.08. The average Bonchev–Trinajstić information content (AvgIpc) is 2.88. The summed E-state index contributed by atoms with van der Waals surface area (Å²) >= 11 is 0. The van der Waals surface area contributed by atoms with E-state index in [0.29, 0.717) is 32.7 Å². The Morgan fingerprint density at radius 1 is 1.12 bits per heavy atom. The minimum atomic E-state index is -3.07. The molecule has 0 aromatic carbocycles. The van der Waals surface area contributed by atoms with Crippen molar-refractivity contribution in [3.05, 3.63) is 60.2 Å². The van der Waals surface area contributed by atoms with Crippen molar-refractivity contribution in [2.24, 2.45) is 5.92 Å². The van der Waals surface area contributed by atoms with Crippen LogP contribution in [0.4, 0.5) is 0 Å². The summed E-state index contributed by atoms with van der Waals surface area (Å²) in [7, 11) is -3.07. The van der Waals surface area contributed by atoms with Crippen LogP contribution in [0.2, 0.25) is 0 Å². The summed E-state index contributed by atoms with van der Waals surface area (Å²) < 4.78 is 30.6. The molecule has 1 spiro atoms. The second-order valence-electron chi connectivity index (χ2n) is 7.25. The molecule has 0 aliphatic carbocycles. The summed E-state index contributed by atoms with van der Waals surface area (Å²) in [5, 5.41) is 0. The topological polar surface area (TPSA) is 72.4 Å². The first-order valence-corrected chi connectivity index (χ1v) is 10.5. The zero-order valence-electron chi connectivity index (χ0n) is 14.6. The van der Waals surface area contributed by atoms with Crippen molar-refractivity contribution in [2.45, 2.75) is 24.3 Å². The molecule has 6 nitrogen and oxygen atoms in total. The fourth-order valence-corrected chi connectivity index (χ4v) is 6.53. The molecule has 0 N–H and O–H groups in total.